The fourth-order valence-electron chi connectivity index (χ4n) is 3.08. The van der Waals surface area contributed by atoms with Crippen LogP contribution in [0.2, 0.25) is 0 Å². The van der Waals surface area contributed by atoms with E-state index in [1.807, 2.05) is 29.2 Å². The van der Waals surface area contributed by atoms with E-state index in [0.29, 0.717) is 26.3 Å². The third-order valence-corrected chi connectivity index (χ3v) is 5.37. The molecule has 2 aliphatic heterocycles. The summed E-state index contributed by atoms with van der Waals surface area (Å²) in [6.45, 7) is 2.74. The predicted molar refractivity (Wildman–Crippen MR) is 81.6 cm³/mol. The van der Waals surface area contributed by atoms with Crippen molar-refractivity contribution in [2.24, 2.45) is 0 Å². The van der Waals surface area contributed by atoms with Gasteiger partial charge in [0.05, 0.1) is 18.1 Å². The molecule has 1 aromatic heterocycles. The van der Waals surface area contributed by atoms with Gasteiger partial charge in [0, 0.05) is 30.6 Å². The Hall–Kier alpha value is -1.43. The molecule has 2 saturated heterocycles. The molecule has 0 unspecified atom stereocenters. The summed E-state index contributed by atoms with van der Waals surface area (Å²) in [5.41, 5.74) is 0. The number of thiophene rings is 1. The molecule has 0 bridgehead atoms. The molecule has 2 aromatic rings. The van der Waals surface area contributed by atoms with Crippen LogP contribution in [0.15, 0.2) is 30.3 Å². The molecule has 4 rings (SSSR count). The first-order valence-electron chi connectivity index (χ1n) is 7.32. The monoisotopic (exact) mass is 303 g/mol. The first-order valence-corrected chi connectivity index (χ1v) is 8.13. The third-order valence-electron chi connectivity index (χ3n) is 4.26. The Morgan fingerprint density at radius 2 is 1.86 bits per heavy atom. The van der Waals surface area contributed by atoms with Gasteiger partial charge in [-0.15, -0.1) is 11.3 Å². The standard InChI is InChI=1S/C16H17NO3S/c18-15(14-11-12-3-1-2-4-13(12)21-14)17-7-5-16(6-8-17)19-9-10-20-16/h1-4,11H,5-10H2. The smallest absolute Gasteiger partial charge is 0.263 e. The number of benzene rings is 1. The molecule has 1 spiro atoms. The Morgan fingerprint density at radius 3 is 2.57 bits per heavy atom. The SMILES string of the molecule is O=C(c1cc2ccccc2s1)N1CCC2(CC1)OCCO2. The zero-order valence-electron chi connectivity index (χ0n) is 11.7. The lowest BCUT2D eigenvalue weighted by Crippen LogP contribution is -2.47. The van der Waals surface area contributed by atoms with Crippen LogP contribution in [0.1, 0.15) is 22.5 Å². The van der Waals surface area contributed by atoms with E-state index in [1.165, 1.54) is 0 Å². The fraction of sp³-hybridized carbons (Fsp3) is 0.438. The maximum Gasteiger partial charge on any atom is 0.263 e. The van der Waals surface area contributed by atoms with E-state index < -0.39 is 5.79 Å². The highest BCUT2D eigenvalue weighted by molar-refractivity contribution is 7.20. The van der Waals surface area contributed by atoms with Crippen molar-refractivity contribution in [1.29, 1.82) is 0 Å². The van der Waals surface area contributed by atoms with Gasteiger partial charge >= 0.3 is 0 Å². The minimum absolute atomic E-state index is 0.129. The van der Waals surface area contributed by atoms with Crippen molar-refractivity contribution < 1.29 is 14.3 Å². The fourth-order valence-corrected chi connectivity index (χ4v) is 4.11. The number of ether oxygens (including phenoxy) is 2. The number of fused-ring (bicyclic) bond motifs is 1. The lowest BCUT2D eigenvalue weighted by molar-refractivity contribution is -0.181. The number of carbonyl (C=O) groups excluding carboxylic acids is 1. The largest absolute Gasteiger partial charge is 0.347 e. The number of hydrogen-bond donors (Lipinski definition) is 0. The molecule has 110 valence electrons. The quantitative estimate of drug-likeness (QED) is 0.813. The predicted octanol–water partition coefficient (Wildman–Crippen LogP) is 2.88. The Bertz CT molecular complexity index is 632. The summed E-state index contributed by atoms with van der Waals surface area (Å²) >= 11 is 1.57. The summed E-state index contributed by atoms with van der Waals surface area (Å²) in [6.07, 6.45) is 1.53. The van der Waals surface area contributed by atoms with Crippen LogP contribution in [0.3, 0.4) is 0 Å². The molecule has 0 radical (unpaired) electrons. The number of nitrogens with zero attached hydrogens (tertiary/aromatic N) is 1. The lowest BCUT2D eigenvalue weighted by atomic mass is 10.0. The van der Waals surface area contributed by atoms with Gasteiger partial charge in [-0.2, -0.15) is 0 Å². The van der Waals surface area contributed by atoms with Gasteiger partial charge in [-0.1, -0.05) is 18.2 Å². The van der Waals surface area contributed by atoms with Gasteiger partial charge in [-0.25, -0.2) is 0 Å². The van der Waals surface area contributed by atoms with Crippen LogP contribution >= 0.6 is 11.3 Å². The lowest BCUT2D eigenvalue weighted by Gasteiger charge is -2.37. The van der Waals surface area contributed by atoms with E-state index in [0.717, 1.165) is 27.8 Å². The van der Waals surface area contributed by atoms with E-state index >= 15 is 0 Å². The normalized spacial score (nSPS) is 21.2. The molecule has 0 N–H and O–H groups in total. The van der Waals surface area contributed by atoms with E-state index in [2.05, 4.69) is 6.07 Å². The zero-order valence-corrected chi connectivity index (χ0v) is 12.5. The second kappa shape index (κ2) is 5.09. The van der Waals surface area contributed by atoms with Gasteiger partial charge in [-0.05, 0) is 17.5 Å². The van der Waals surface area contributed by atoms with Gasteiger partial charge in [0.25, 0.3) is 5.91 Å². The molecule has 4 nitrogen and oxygen atoms in total. The second-order valence-corrected chi connectivity index (χ2v) is 6.63. The van der Waals surface area contributed by atoms with Crippen LogP contribution in [0.25, 0.3) is 10.1 Å². The minimum Gasteiger partial charge on any atom is -0.347 e. The minimum atomic E-state index is -0.420. The molecule has 0 aliphatic carbocycles. The van der Waals surface area contributed by atoms with Gasteiger partial charge in [-0.3, -0.25) is 4.79 Å². The number of likely N-dealkylation sites (tertiary alicyclic amines) is 1. The molecule has 2 fully saturated rings. The average molecular weight is 303 g/mol. The summed E-state index contributed by atoms with van der Waals surface area (Å²) in [5, 5.41) is 1.14. The Balaban J connectivity index is 1.50. The van der Waals surface area contributed by atoms with Crippen molar-refractivity contribution in [3.63, 3.8) is 0 Å². The molecule has 1 aromatic carbocycles. The summed E-state index contributed by atoms with van der Waals surface area (Å²) < 4.78 is 12.6. The Labute approximate surface area is 127 Å². The van der Waals surface area contributed by atoms with Gasteiger partial charge in [0.15, 0.2) is 5.79 Å². The van der Waals surface area contributed by atoms with Crippen molar-refractivity contribution in [3.05, 3.63) is 35.2 Å². The van der Waals surface area contributed by atoms with Crippen molar-refractivity contribution in [1.82, 2.24) is 4.90 Å². The van der Waals surface area contributed by atoms with Crippen LogP contribution in [-0.4, -0.2) is 42.9 Å². The molecule has 1 amide bonds. The zero-order chi connectivity index (χ0) is 14.3. The van der Waals surface area contributed by atoms with Crippen LogP contribution in [0, 0.1) is 0 Å². The number of carbonyl (C=O) groups is 1. The summed E-state index contributed by atoms with van der Waals surface area (Å²) in [7, 11) is 0. The number of amides is 1. The Morgan fingerprint density at radius 1 is 1.14 bits per heavy atom. The first-order chi connectivity index (χ1) is 10.3. The van der Waals surface area contributed by atoms with Gasteiger partial charge in [0.1, 0.15) is 0 Å². The average Bonchev–Trinajstić information content (AvgIpc) is 3.14. The number of hydrogen-bond acceptors (Lipinski definition) is 4. The summed E-state index contributed by atoms with van der Waals surface area (Å²) in [6, 6.07) is 10.1. The highest BCUT2D eigenvalue weighted by atomic mass is 32.1. The van der Waals surface area contributed by atoms with E-state index in [4.69, 9.17) is 9.47 Å². The van der Waals surface area contributed by atoms with Crippen LogP contribution in [-0.2, 0) is 9.47 Å². The maximum absolute atomic E-state index is 12.6. The van der Waals surface area contributed by atoms with E-state index in [9.17, 15) is 4.79 Å². The number of piperidine rings is 1. The van der Waals surface area contributed by atoms with Crippen LogP contribution in [0.5, 0.6) is 0 Å². The van der Waals surface area contributed by atoms with Crippen LogP contribution in [0.4, 0.5) is 0 Å². The van der Waals surface area contributed by atoms with Gasteiger partial charge < -0.3 is 14.4 Å². The van der Waals surface area contributed by atoms with Crippen molar-refractivity contribution in [2.45, 2.75) is 18.6 Å². The molecular weight excluding hydrogens is 286 g/mol. The summed E-state index contributed by atoms with van der Waals surface area (Å²) in [4.78, 5) is 15.4. The maximum atomic E-state index is 12.6. The highest BCUT2D eigenvalue weighted by Gasteiger charge is 2.41. The van der Waals surface area contributed by atoms with Gasteiger partial charge in [0.2, 0.25) is 0 Å². The third kappa shape index (κ3) is 2.35. The molecule has 0 saturated carbocycles. The second-order valence-electron chi connectivity index (χ2n) is 5.55. The highest BCUT2D eigenvalue weighted by Crippen LogP contribution is 2.33. The van der Waals surface area contributed by atoms with Crippen molar-refractivity contribution in [3.8, 4) is 0 Å². The topological polar surface area (TPSA) is 38.8 Å². The molecular formula is C16H17NO3S. The summed E-state index contributed by atoms with van der Waals surface area (Å²) in [5.74, 6) is -0.291. The first kappa shape index (κ1) is 13.2. The van der Waals surface area contributed by atoms with E-state index in [-0.39, 0.29) is 5.91 Å². The molecule has 0 atom stereocenters. The molecule has 5 heteroatoms. The van der Waals surface area contributed by atoms with Crippen molar-refractivity contribution >= 4 is 27.3 Å². The number of rotatable bonds is 1. The molecule has 21 heavy (non-hydrogen) atoms. The Kier molecular flexibility index (Phi) is 3.21. The molecule has 3 heterocycles. The van der Waals surface area contributed by atoms with Crippen molar-refractivity contribution in [2.75, 3.05) is 26.3 Å². The van der Waals surface area contributed by atoms with Crippen LogP contribution < -0.4 is 0 Å². The molecule has 2 aliphatic rings. The van der Waals surface area contributed by atoms with E-state index in [1.54, 1.807) is 11.3 Å².